The van der Waals surface area contributed by atoms with Gasteiger partial charge >= 0.3 is 0 Å². The average Bonchev–Trinajstić information content (AvgIpc) is 2.81. The second-order valence-corrected chi connectivity index (χ2v) is 5.50. The molecule has 0 unspecified atom stereocenters. The number of halogens is 1. The molecule has 3 heteroatoms. The first-order valence-corrected chi connectivity index (χ1v) is 7.31. The summed E-state index contributed by atoms with van der Waals surface area (Å²) in [5, 5.41) is 0. The average molecular weight is 290 g/mol. The molecule has 0 radical (unpaired) electrons. The minimum Gasteiger partial charge on any atom is -0.312 e. The summed E-state index contributed by atoms with van der Waals surface area (Å²) < 4.78 is 15.8. The summed E-state index contributed by atoms with van der Waals surface area (Å²) in [6.07, 6.45) is 0. The summed E-state index contributed by atoms with van der Waals surface area (Å²) in [6, 6.07) is 19.0. The Balaban J connectivity index is 1.98. The van der Waals surface area contributed by atoms with E-state index in [2.05, 4.69) is 35.8 Å². The molecule has 0 aliphatic carbocycles. The molecule has 1 aliphatic heterocycles. The normalized spacial score (nSPS) is 13.1. The molecular weight excluding hydrogens is 275 g/mol. The quantitative estimate of drug-likeness (QED) is 0.636. The first-order chi connectivity index (χ1) is 10.7. The van der Waals surface area contributed by atoms with Crippen molar-refractivity contribution in [3.8, 4) is 5.69 Å². The van der Waals surface area contributed by atoms with Crippen molar-refractivity contribution < 1.29 is 4.39 Å². The fourth-order valence-electron chi connectivity index (χ4n) is 3.03. The van der Waals surface area contributed by atoms with Gasteiger partial charge in [-0.2, -0.15) is 0 Å². The molecule has 108 valence electrons. The zero-order chi connectivity index (χ0) is 15.1. The number of para-hydroxylation sites is 1. The molecule has 2 nitrogen and oxygen atoms in total. The molecule has 0 saturated heterocycles. The summed E-state index contributed by atoms with van der Waals surface area (Å²) in [5.74, 6) is -0.239. The van der Waals surface area contributed by atoms with Crippen molar-refractivity contribution in [2.75, 3.05) is 0 Å². The minimum absolute atomic E-state index is 0.239. The van der Waals surface area contributed by atoms with Gasteiger partial charge in [0.05, 0.1) is 23.6 Å². The molecule has 0 atom stereocenters. The highest BCUT2D eigenvalue weighted by Crippen LogP contribution is 2.27. The minimum atomic E-state index is -0.239. The molecule has 2 aromatic carbocycles. The van der Waals surface area contributed by atoms with Gasteiger partial charge in [-0.05, 0) is 42.8 Å². The van der Waals surface area contributed by atoms with E-state index in [1.807, 2.05) is 18.2 Å². The van der Waals surface area contributed by atoms with Gasteiger partial charge in [-0.3, -0.25) is 4.99 Å². The Kier molecular flexibility index (Phi) is 2.93. The van der Waals surface area contributed by atoms with Gasteiger partial charge in [-0.1, -0.05) is 30.3 Å². The maximum atomic E-state index is 13.6. The standard InChI is InChI=1S/C19H15FN2/c1-13-9-10-18-19(14-6-4-7-16(20)11-14)21-12-15-5-2-3-8-17(15)22(13)18/h2-11H,12H2,1H3. The van der Waals surface area contributed by atoms with Gasteiger partial charge < -0.3 is 4.57 Å². The lowest BCUT2D eigenvalue weighted by Gasteiger charge is -2.13. The van der Waals surface area contributed by atoms with Crippen LogP contribution in [-0.2, 0) is 6.54 Å². The number of fused-ring (bicyclic) bond motifs is 3. The number of aromatic nitrogens is 1. The highest BCUT2D eigenvalue weighted by molar-refractivity contribution is 6.12. The van der Waals surface area contributed by atoms with Crippen LogP contribution in [0.5, 0.6) is 0 Å². The van der Waals surface area contributed by atoms with E-state index in [1.54, 1.807) is 12.1 Å². The zero-order valence-electron chi connectivity index (χ0n) is 12.3. The maximum absolute atomic E-state index is 13.6. The van der Waals surface area contributed by atoms with Crippen molar-refractivity contribution in [1.29, 1.82) is 0 Å². The predicted octanol–water partition coefficient (Wildman–Crippen LogP) is 4.28. The van der Waals surface area contributed by atoms with Crippen molar-refractivity contribution in [1.82, 2.24) is 4.57 Å². The topological polar surface area (TPSA) is 17.3 Å². The third-order valence-electron chi connectivity index (χ3n) is 4.06. The Morgan fingerprint density at radius 3 is 2.73 bits per heavy atom. The molecule has 0 spiro atoms. The second kappa shape index (κ2) is 4.95. The Labute approximate surface area is 128 Å². The van der Waals surface area contributed by atoms with Gasteiger partial charge in [0.1, 0.15) is 5.82 Å². The van der Waals surface area contributed by atoms with Crippen LogP contribution in [-0.4, -0.2) is 10.3 Å². The Bertz CT molecular complexity index is 890. The van der Waals surface area contributed by atoms with Crippen LogP contribution >= 0.6 is 0 Å². The predicted molar refractivity (Wildman–Crippen MR) is 86.2 cm³/mol. The Morgan fingerprint density at radius 2 is 1.86 bits per heavy atom. The van der Waals surface area contributed by atoms with E-state index < -0.39 is 0 Å². The van der Waals surface area contributed by atoms with Crippen molar-refractivity contribution in [3.63, 3.8) is 0 Å². The highest BCUT2D eigenvalue weighted by atomic mass is 19.1. The van der Waals surface area contributed by atoms with Gasteiger partial charge in [-0.25, -0.2) is 4.39 Å². The summed E-state index contributed by atoms with van der Waals surface area (Å²) in [6.45, 7) is 2.68. The first kappa shape index (κ1) is 13.0. The lowest BCUT2D eigenvalue weighted by atomic mass is 10.1. The second-order valence-electron chi connectivity index (χ2n) is 5.50. The SMILES string of the molecule is Cc1ccc2n1-c1ccccc1CN=C2c1cccc(F)c1. The van der Waals surface area contributed by atoms with E-state index in [4.69, 9.17) is 4.99 Å². The molecular formula is C19H15FN2. The van der Waals surface area contributed by atoms with Crippen LogP contribution < -0.4 is 0 Å². The number of rotatable bonds is 1. The number of hydrogen-bond acceptors (Lipinski definition) is 1. The monoisotopic (exact) mass is 290 g/mol. The van der Waals surface area contributed by atoms with Gasteiger partial charge in [0, 0.05) is 11.3 Å². The van der Waals surface area contributed by atoms with Crippen LogP contribution in [0.2, 0.25) is 0 Å². The fraction of sp³-hybridized carbons (Fsp3) is 0.105. The Morgan fingerprint density at radius 1 is 1.00 bits per heavy atom. The summed E-state index contributed by atoms with van der Waals surface area (Å²) in [4.78, 5) is 4.76. The number of hydrogen-bond donors (Lipinski definition) is 0. The molecule has 0 fully saturated rings. The molecule has 0 amide bonds. The van der Waals surface area contributed by atoms with E-state index in [-0.39, 0.29) is 5.82 Å². The molecule has 0 N–H and O–H groups in total. The maximum Gasteiger partial charge on any atom is 0.123 e. The van der Waals surface area contributed by atoms with Crippen LogP contribution in [0.15, 0.2) is 65.7 Å². The molecule has 0 saturated carbocycles. The van der Waals surface area contributed by atoms with Crippen LogP contribution in [0, 0.1) is 12.7 Å². The first-order valence-electron chi connectivity index (χ1n) is 7.31. The number of nitrogens with zero attached hydrogens (tertiary/aromatic N) is 2. The van der Waals surface area contributed by atoms with E-state index in [9.17, 15) is 4.39 Å². The van der Waals surface area contributed by atoms with Gasteiger partial charge in [-0.15, -0.1) is 0 Å². The van der Waals surface area contributed by atoms with Crippen LogP contribution in [0.3, 0.4) is 0 Å². The molecule has 2 heterocycles. The van der Waals surface area contributed by atoms with Crippen LogP contribution in [0.25, 0.3) is 5.69 Å². The smallest absolute Gasteiger partial charge is 0.123 e. The molecule has 4 rings (SSSR count). The summed E-state index contributed by atoms with van der Waals surface area (Å²) >= 11 is 0. The zero-order valence-corrected chi connectivity index (χ0v) is 12.3. The van der Waals surface area contributed by atoms with Crippen molar-refractivity contribution >= 4 is 5.71 Å². The largest absolute Gasteiger partial charge is 0.312 e. The molecule has 1 aromatic heterocycles. The van der Waals surface area contributed by atoms with E-state index >= 15 is 0 Å². The van der Waals surface area contributed by atoms with E-state index in [0.717, 1.165) is 28.4 Å². The van der Waals surface area contributed by atoms with Gasteiger partial charge in [0.25, 0.3) is 0 Å². The van der Waals surface area contributed by atoms with Crippen molar-refractivity contribution in [3.05, 3.63) is 89.0 Å². The lowest BCUT2D eigenvalue weighted by molar-refractivity contribution is 0.627. The molecule has 1 aliphatic rings. The van der Waals surface area contributed by atoms with Gasteiger partial charge in [0.15, 0.2) is 0 Å². The Hall–Kier alpha value is -2.68. The van der Waals surface area contributed by atoms with Crippen LogP contribution in [0.1, 0.15) is 22.5 Å². The number of benzene rings is 2. The summed E-state index contributed by atoms with van der Waals surface area (Å²) in [7, 11) is 0. The van der Waals surface area contributed by atoms with Crippen LogP contribution in [0.4, 0.5) is 4.39 Å². The third-order valence-corrected chi connectivity index (χ3v) is 4.06. The fourth-order valence-corrected chi connectivity index (χ4v) is 3.03. The lowest BCUT2D eigenvalue weighted by Crippen LogP contribution is -2.10. The summed E-state index contributed by atoms with van der Waals surface area (Å²) in [5.41, 5.74) is 6.13. The van der Waals surface area contributed by atoms with Crippen molar-refractivity contribution in [2.45, 2.75) is 13.5 Å². The van der Waals surface area contributed by atoms with Crippen molar-refractivity contribution in [2.24, 2.45) is 4.99 Å². The number of aryl methyl sites for hydroxylation is 1. The third kappa shape index (κ3) is 1.98. The highest BCUT2D eigenvalue weighted by Gasteiger charge is 2.19. The number of aliphatic imine (C=N–C) groups is 1. The van der Waals surface area contributed by atoms with E-state index in [1.165, 1.54) is 11.6 Å². The van der Waals surface area contributed by atoms with E-state index in [0.29, 0.717) is 6.54 Å². The molecule has 22 heavy (non-hydrogen) atoms. The molecule has 3 aromatic rings. The molecule has 0 bridgehead atoms. The van der Waals surface area contributed by atoms with Gasteiger partial charge in [0.2, 0.25) is 0 Å².